The van der Waals surface area contributed by atoms with Gasteiger partial charge in [0.25, 0.3) is 0 Å². The van der Waals surface area contributed by atoms with Crippen molar-refractivity contribution in [1.82, 2.24) is 25.0 Å². The van der Waals surface area contributed by atoms with Crippen molar-refractivity contribution in [2.45, 2.75) is 39.4 Å². The van der Waals surface area contributed by atoms with Crippen molar-refractivity contribution < 1.29 is 0 Å². The monoisotopic (exact) mass is 223 g/mol. The second-order valence-corrected chi connectivity index (χ2v) is 4.42. The van der Waals surface area contributed by atoms with Crippen molar-refractivity contribution in [2.24, 2.45) is 0 Å². The molecule has 0 aliphatic carbocycles. The number of likely N-dealkylation sites (tertiary alicyclic amines) is 1. The van der Waals surface area contributed by atoms with Gasteiger partial charge in [0, 0.05) is 25.7 Å². The van der Waals surface area contributed by atoms with E-state index in [-0.39, 0.29) is 0 Å². The molecule has 0 amide bonds. The zero-order valence-electron chi connectivity index (χ0n) is 10.4. The van der Waals surface area contributed by atoms with E-state index in [1.54, 1.807) is 0 Å². The Hall–Kier alpha value is -0.940. The van der Waals surface area contributed by atoms with Crippen molar-refractivity contribution in [2.75, 3.05) is 20.1 Å². The first-order valence-corrected chi connectivity index (χ1v) is 6.03. The van der Waals surface area contributed by atoms with Crippen LogP contribution in [0.5, 0.6) is 0 Å². The highest BCUT2D eigenvalue weighted by Gasteiger charge is 2.22. The number of rotatable bonds is 4. The number of aryl methyl sites for hydroxylation is 1. The van der Waals surface area contributed by atoms with Gasteiger partial charge in [0.05, 0.1) is 6.54 Å². The van der Waals surface area contributed by atoms with Gasteiger partial charge in [-0.15, -0.1) is 10.2 Å². The summed E-state index contributed by atoms with van der Waals surface area (Å²) in [5.74, 6) is 2.11. The number of hydrogen-bond acceptors (Lipinski definition) is 4. The minimum Gasteiger partial charge on any atom is -0.316 e. The van der Waals surface area contributed by atoms with Crippen LogP contribution in [0.1, 0.15) is 25.0 Å². The van der Waals surface area contributed by atoms with Gasteiger partial charge in [-0.3, -0.25) is 4.90 Å². The maximum atomic E-state index is 4.25. The Kier molecular flexibility index (Phi) is 3.56. The number of nitrogens with zero attached hydrogens (tertiary/aromatic N) is 4. The van der Waals surface area contributed by atoms with Crippen LogP contribution in [-0.2, 0) is 13.1 Å². The van der Waals surface area contributed by atoms with Gasteiger partial charge in [-0.1, -0.05) is 0 Å². The van der Waals surface area contributed by atoms with E-state index >= 15 is 0 Å². The molecule has 1 aliphatic rings. The quantitative estimate of drug-likeness (QED) is 0.802. The molecular formula is C11H21N5. The van der Waals surface area contributed by atoms with Crippen molar-refractivity contribution in [1.29, 1.82) is 0 Å². The van der Waals surface area contributed by atoms with Crippen LogP contribution < -0.4 is 5.32 Å². The molecule has 5 nitrogen and oxygen atoms in total. The molecule has 0 bridgehead atoms. The molecule has 1 aromatic heterocycles. The van der Waals surface area contributed by atoms with Gasteiger partial charge in [-0.2, -0.15) is 0 Å². The smallest absolute Gasteiger partial charge is 0.147 e. The summed E-state index contributed by atoms with van der Waals surface area (Å²) in [6, 6.07) is 0.638. The van der Waals surface area contributed by atoms with Crippen LogP contribution in [0, 0.1) is 6.92 Å². The summed E-state index contributed by atoms with van der Waals surface area (Å²) in [6.07, 6.45) is 1.23. The second kappa shape index (κ2) is 4.93. The summed E-state index contributed by atoms with van der Waals surface area (Å²) in [6.45, 7) is 8.30. The van der Waals surface area contributed by atoms with Crippen LogP contribution in [-0.4, -0.2) is 45.8 Å². The molecule has 16 heavy (non-hydrogen) atoms. The van der Waals surface area contributed by atoms with E-state index in [1.165, 1.54) is 6.42 Å². The minimum absolute atomic E-state index is 0.638. The first kappa shape index (κ1) is 11.5. The summed E-state index contributed by atoms with van der Waals surface area (Å²) in [5.41, 5.74) is 0. The molecule has 0 aromatic carbocycles. The van der Waals surface area contributed by atoms with Gasteiger partial charge in [0.1, 0.15) is 11.6 Å². The maximum Gasteiger partial charge on any atom is 0.147 e. The highest BCUT2D eigenvalue weighted by Crippen LogP contribution is 2.12. The van der Waals surface area contributed by atoms with Crippen molar-refractivity contribution in [3.8, 4) is 0 Å². The zero-order chi connectivity index (χ0) is 11.5. The first-order chi connectivity index (χ1) is 7.74. The van der Waals surface area contributed by atoms with Crippen LogP contribution in [0.15, 0.2) is 0 Å². The van der Waals surface area contributed by atoms with Gasteiger partial charge in [-0.25, -0.2) is 0 Å². The van der Waals surface area contributed by atoms with Crippen LogP contribution >= 0.6 is 0 Å². The highest BCUT2D eigenvalue weighted by atomic mass is 15.3. The summed E-state index contributed by atoms with van der Waals surface area (Å²) in [4.78, 5) is 2.44. The Bertz CT molecular complexity index is 346. The molecule has 0 radical (unpaired) electrons. The lowest BCUT2D eigenvalue weighted by atomic mass is 10.3. The lowest BCUT2D eigenvalue weighted by Crippen LogP contribution is -2.30. The van der Waals surface area contributed by atoms with E-state index in [0.717, 1.165) is 37.8 Å². The van der Waals surface area contributed by atoms with E-state index in [1.807, 2.05) is 14.0 Å². The fourth-order valence-corrected chi connectivity index (χ4v) is 2.37. The Labute approximate surface area is 96.8 Å². The number of nitrogens with one attached hydrogen (secondary N) is 1. The van der Waals surface area contributed by atoms with Crippen LogP contribution in [0.4, 0.5) is 0 Å². The lowest BCUT2D eigenvalue weighted by molar-refractivity contribution is 0.308. The standard InChI is InChI=1S/C11H21N5/c1-4-16-9(2)13-14-11(16)8-15-6-5-10(7-15)12-3/h10,12H,4-8H2,1-3H3. The SMILES string of the molecule is CCn1c(C)nnc1CN1CCC(NC)C1. The number of hydrogen-bond donors (Lipinski definition) is 1. The Morgan fingerprint density at radius 3 is 2.88 bits per heavy atom. The molecule has 1 N–H and O–H groups in total. The maximum absolute atomic E-state index is 4.25. The Morgan fingerprint density at radius 2 is 2.25 bits per heavy atom. The molecule has 5 heteroatoms. The predicted molar refractivity (Wildman–Crippen MR) is 63.2 cm³/mol. The van der Waals surface area contributed by atoms with E-state index in [9.17, 15) is 0 Å². The molecule has 1 aliphatic heterocycles. The third-order valence-corrected chi connectivity index (χ3v) is 3.37. The molecule has 0 saturated carbocycles. The third-order valence-electron chi connectivity index (χ3n) is 3.37. The fourth-order valence-electron chi connectivity index (χ4n) is 2.37. The molecule has 1 fully saturated rings. The van der Waals surface area contributed by atoms with E-state index in [4.69, 9.17) is 0 Å². The third kappa shape index (κ3) is 2.25. The molecule has 1 atom stereocenters. The average Bonchev–Trinajstić information content (AvgIpc) is 2.86. The summed E-state index contributed by atoms with van der Waals surface area (Å²) < 4.78 is 2.19. The molecule has 1 saturated heterocycles. The minimum atomic E-state index is 0.638. The lowest BCUT2D eigenvalue weighted by Gasteiger charge is -2.15. The van der Waals surface area contributed by atoms with E-state index in [0.29, 0.717) is 6.04 Å². The average molecular weight is 223 g/mol. The fraction of sp³-hybridized carbons (Fsp3) is 0.818. The zero-order valence-corrected chi connectivity index (χ0v) is 10.4. The topological polar surface area (TPSA) is 46.0 Å². The van der Waals surface area contributed by atoms with Gasteiger partial charge < -0.3 is 9.88 Å². The van der Waals surface area contributed by atoms with Gasteiger partial charge in [0.2, 0.25) is 0 Å². The molecule has 2 rings (SSSR count). The van der Waals surface area contributed by atoms with Crippen molar-refractivity contribution in [3.63, 3.8) is 0 Å². The number of aromatic nitrogens is 3. The van der Waals surface area contributed by atoms with Gasteiger partial charge in [0.15, 0.2) is 0 Å². The normalized spacial score (nSPS) is 21.8. The Balaban J connectivity index is 1.99. The van der Waals surface area contributed by atoms with Crippen LogP contribution in [0.2, 0.25) is 0 Å². The molecule has 0 spiro atoms. The van der Waals surface area contributed by atoms with Gasteiger partial charge in [-0.05, 0) is 27.3 Å². The molecule has 1 unspecified atom stereocenters. The van der Waals surface area contributed by atoms with E-state index in [2.05, 4.69) is 31.9 Å². The molecule has 90 valence electrons. The second-order valence-electron chi connectivity index (χ2n) is 4.42. The first-order valence-electron chi connectivity index (χ1n) is 6.03. The predicted octanol–water partition coefficient (Wildman–Crippen LogP) is 0.400. The van der Waals surface area contributed by atoms with Crippen LogP contribution in [0.25, 0.3) is 0 Å². The van der Waals surface area contributed by atoms with Crippen molar-refractivity contribution >= 4 is 0 Å². The Morgan fingerprint density at radius 1 is 1.44 bits per heavy atom. The molecule has 2 heterocycles. The molecule has 1 aromatic rings. The van der Waals surface area contributed by atoms with Gasteiger partial charge >= 0.3 is 0 Å². The van der Waals surface area contributed by atoms with Crippen molar-refractivity contribution in [3.05, 3.63) is 11.6 Å². The number of likely N-dealkylation sites (N-methyl/N-ethyl adjacent to an activating group) is 1. The summed E-state index contributed by atoms with van der Waals surface area (Å²) >= 11 is 0. The highest BCUT2D eigenvalue weighted by molar-refractivity contribution is 4.95. The van der Waals surface area contributed by atoms with Crippen LogP contribution in [0.3, 0.4) is 0 Å². The van der Waals surface area contributed by atoms with E-state index < -0.39 is 0 Å². The summed E-state index contributed by atoms with van der Waals surface area (Å²) in [7, 11) is 2.03. The summed E-state index contributed by atoms with van der Waals surface area (Å²) in [5, 5.41) is 11.7. The largest absolute Gasteiger partial charge is 0.316 e. The molecular weight excluding hydrogens is 202 g/mol.